The van der Waals surface area contributed by atoms with Crippen LogP contribution in [0.1, 0.15) is 36.8 Å². The average molecular weight is 672 g/mol. The molecule has 0 radical (unpaired) electrons. The molecule has 6 aromatic rings. The Balaban J connectivity index is 1.25. The van der Waals surface area contributed by atoms with E-state index in [0.717, 1.165) is 16.7 Å². The predicted molar refractivity (Wildman–Crippen MR) is 193 cm³/mol. The van der Waals surface area contributed by atoms with Gasteiger partial charge in [-0.2, -0.15) is 0 Å². The maximum Gasteiger partial charge on any atom is 0.343 e. The van der Waals surface area contributed by atoms with Crippen LogP contribution in [0.3, 0.4) is 0 Å². The van der Waals surface area contributed by atoms with Crippen LogP contribution in [0.5, 0.6) is 17.2 Å². The van der Waals surface area contributed by atoms with Gasteiger partial charge in [-0.3, -0.25) is 15.0 Å². The number of esters is 3. The third kappa shape index (κ3) is 8.43. The fourth-order valence-electron chi connectivity index (χ4n) is 4.92. The van der Waals surface area contributed by atoms with Gasteiger partial charge >= 0.3 is 17.9 Å². The summed E-state index contributed by atoms with van der Waals surface area (Å²) in [5, 5.41) is 0. The summed E-state index contributed by atoms with van der Waals surface area (Å²) in [4.78, 5) is 53.3. The molecular weight excluding hydrogens is 642 g/mol. The molecule has 6 rings (SSSR count). The molecule has 3 heterocycles. The average Bonchev–Trinajstić information content (AvgIpc) is 3.18. The van der Waals surface area contributed by atoms with Crippen molar-refractivity contribution in [1.82, 2.24) is 15.0 Å². The van der Waals surface area contributed by atoms with Crippen LogP contribution >= 0.6 is 0 Å². The first kappa shape index (κ1) is 33.6. The summed E-state index contributed by atoms with van der Waals surface area (Å²) >= 11 is 0. The van der Waals surface area contributed by atoms with Gasteiger partial charge in [-0.25, -0.2) is 14.4 Å². The molecule has 0 bridgehead atoms. The minimum absolute atomic E-state index is 0.0975. The van der Waals surface area contributed by atoms with Crippen LogP contribution in [-0.4, -0.2) is 32.9 Å². The molecule has 9 nitrogen and oxygen atoms in total. The van der Waals surface area contributed by atoms with Crippen LogP contribution in [0, 0.1) is 0 Å². The molecule has 0 saturated carbocycles. The number of ether oxygens (including phenoxy) is 3. The van der Waals surface area contributed by atoms with Gasteiger partial charge in [-0.1, -0.05) is 92.0 Å². The second-order valence-electron chi connectivity index (χ2n) is 10.9. The van der Waals surface area contributed by atoms with Gasteiger partial charge in [0.05, 0.1) is 52.4 Å². The van der Waals surface area contributed by atoms with Crippen molar-refractivity contribution in [2.75, 3.05) is 0 Å². The summed E-state index contributed by atoms with van der Waals surface area (Å²) < 4.78 is 16.7. The number of hydrogen-bond acceptors (Lipinski definition) is 9. The Labute approximate surface area is 293 Å². The van der Waals surface area contributed by atoms with E-state index in [2.05, 4.69) is 28.1 Å². The summed E-state index contributed by atoms with van der Waals surface area (Å²) in [6.07, 6.45) is 9.19. The number of pyridine rings is 3. The Morgan fingerprint density at radius 1 is 0.510 bits per heavy atom. The van der Waals surface area contributed by atoms with Gasteiger partial charge in [0.1, 0.15) is 17.2 Å². The number of carbonyl (C=O) groups excluding carboxylic acids is 3. The first-order valence-electron chi connectivity index (χ1n) is 15.7. The van der Waals surface area contributed by atoms with Crippen molar-refractivity contribution in [3.05, 3.63) is 188 Å². The summed E-state index contributed by atoms with van der Waals surface area (Å²) in [7, 11) is 0. The van der Waals surface area contributed by atoms with E-state index in [1.165, 1.54) is 36.8 Å². The summed E-state index contributed by atoms with van der Waals surface area (Å²) in [6, 6.07) is 32.7. The second-order valence-corrected chi connectivity index (χ2v) is 10.9. The number of rotatable bonds is 11. The quantitative estimate of drug-likeness (QED) is 0.0985. The highest BCUT2D eigenvalue weighted by molar-refractivity contribution is 6.02. The maximum atomic E-state index is 13.4. The van der Waals surface area contributed by atoms with Gasteiger partial charge in [0.25, 0.3) is 0 Å². The van der Waals surface area contributed by atoms with Crippen molar-refractivity contribution in [3.8, 4) is 39.8 Å². The molecule has 3 aromatic carbocycles. The number of allylic oxidation sites excluding steroid dienone is 4. The fraction of sp³-hybridized carbons (Fsp3) is 0. The third-order valence-corrected chi connectivity index (χ3v) is 7.43. The zero-order chi connectivity index (χ0) is 35.6. The Morgan fingerprint density at radius 2 is 0.922 bits per heavy atom. The molecule has 0 fully saturated rings. The smallest absolute Gasteiger partial charge is 0.343 e. The van der Waals surface area contributed by atoms with Gasteiger partial charge in [0, 0.05) is 11.1 Å². The summed E-state index contributed by atoms with van der Waals surface area (Å²) in [5.41, 5.74) is 4.20. The molecule has 0 unspecified atom stereocenters. The topological polar surface area (TPSA) is 118 Å². The molecule has 0 atom stereocenters. The van der Waals surface area contributed by atoms with Crippen LogP contribution < -0.4 is 14.2 Å². The SMILES string of the molecule is C=C/C=C(\C=C)c1ccc(OC(=O)c2cc(C(=O)Oc3ccc(-c4ccccc4)nc3)cc(C(=O)Oc3ccc(-c4ccccc4)nc3)c2)cn1. The Morgan fingerprint density at radius 3 is 1.25 bits per heavy atom. The zero-order valence-corrected chi connectivity index (χ0v) is 27.1. The first-order chi connectivity index (χ1) is 24.9. The number of benzene rings is 3. The number of carbonyl (C=O) groups is 3. The van der Waals surface area contributed by atoms with E-state index in [4.69, 9.17) is 14.2 Å². The summed E-state index contributed by atoms with van der Waals surface area (Å²) in [5.74, 6) is -2.05. The van der Waals surface area contributed by atoms with Crippen LogP contribution in [0.25, 0.3) is 28.1 Å². The minimum atomic E-state index is -0.846. The van der Waals surface area contributed by atoms with Gasteiger partial charge in [0.2, 0.25) is 0 Å². The van der Waals surface area contributed by atoms with Crippen molar-refractivity contribution in [2.45, 2.75) is 0 Å². The molecule has 248 valence electrons. The van der Waals surface area contributed by atoms with Gasteiger partial charge in [0.15, 0.2) is 0 Å². The lowest BCUT2D eigenvalue weighted by molar-refractivity contribution is 0.0734. The van der Waals surface area contributed by atoms with Gasteiger partial charge in [-0.15, -0.1) is 0 Å². The van der Waals surface area contributed by atoms with E-state index in [-0.39, 0.29) is 33.9 Å². The van der Waals surface area contributed by atoms with Crippen molar-refractivity contribution in [2.24, 2.45) is 0 Å². The molecule has 9 heteroatoms. The molecule has 0 aliphatic heterocycles. The second kappa shape index (κ2) is 15.8. The van der Waals surface area contributed by atoms with Gasteiger partial charge < -0.3 is 14.2 Å². The van der Waals surface area contributed by atoms with Crippen LogP contribution in [0.4, 0.5) is 0 Å². The van der Waals surface area contributed by atoms with Crippen LogP contribution in [0.2, 0.25) is 0 Å². The van der Waals surface area contributed by atoms with Gasteiger partial charge in [-0.05, 0) is 60.2 Å². The van der Waals surface area contributed by atoms with Crippen LogP contribution in [-0.2, 0) is 0 Å². The molecule has 51 heavy (non-hydrogen) atoms. The first-order valence-corrected chi connectivity index (χ1v) is 15.7. The van der Waals surface area contributed by atoms with E-state index < -0.39 is 17.9 Å². The lowest BCUT2D eigenvalue weighted by Crippen LogP contribution is -2.17. The highest BCUT2D eigenvalue weighted by Gasteiger charge is 2.21. The Kier molecular flexibility index (Phi) is 10.4. The summed E-state index contributed by atoms with van der Waals surface area (Å²) in [6.45, 7) is 7.46. The lowest BCUT2D eigenvalue weighted by Gasteiger charge is -2.11. The predicted octanol–water partition coefficient (Wildman–Crippen LogP) is 8.62. The standard InChI is InChI=1S/C42H29N3O6/c1-3-11-28(4-2)37-19-16-34(25-43-37)49-40(46)31-22-32(41(47)50-35-17-20-38(44-26-35)29-12-7-5-8-13-29)24-33(23-31)42(48)51-36-18-21-39(45-27-36)30-14-9-6-10-15-30/h3-27H,1-2H2/b28-11+. The zero-order valence-electron chi connectivity index (χ0n) is 27.1. The van der Waals surface area contributed by atoms with Crippen molar-refractivity contribution in [3.63, 3.8) is 0 Å². The van der Waals surface area contributed by atoms with Crippen LogP contribution in [0.15, 0.2) is 165 Å². The third-order valence-electron chi connectivity index (χ3n) is 7.43. The number of aromatic nitrogens is 3. The van der Waals surface area contributed by atoms with Crippen molar-refractivity contribution >= 4 is 23.5 Å². The van der Waals surface area contributed by atoms with Crippen molar-refractivity contribution in [1.29, 1.82) is 0 Å². The fourth-order valence-corrected chi connectivity index (χ4v) is 4.92. The van der Waals surface area contributed by atoms with E-state index in [0.29, 0.717) is 17.1 Å². The molecular formula is C42H29N3O6. The minimum Gasteiger partial charge on any atom is -0.421 e. The van der Waals surface area contributed by atoms with E-state index in [9.17, 15) is 14.4 Å². The van der Waals surface area contributed by atoms with E-state index in [1.54, 1.807) is 54.6 Å². The molecule has 0 amide bonds. The molecule has 0 aliphatic carbocycles. The largest absolute Gasteiger partial charge is 0.421 e. The lowest BCUT2D eigenvalue weighted by atomic mass is 10.1. The molecule has 0 aliphatic rings. The van der Waals surface area contributed by atoms with E-state index in [1.807, 2.05) is 60.7 Å². The number of nitrogens with zero attached hydrogens (tertiary/aromatic N) is 3. The normalized spacial score (nSPS) is 10.9. The highest BCUT2D eigenvalue weighted by Crippen LogP contribution is 2.24. The Bertz CT molecular complexity index is 2120. The van der Waals surface area contributed by atoms with E-state index >= 15 is 0 Å². The molecule has 0 spiro atoms. The monoisotopic (exact) mass is 671 g/mol. The Hall–Kier alpha value is -7.26. The molecule has 3 aromatic heterocycles. The highest BCUT2D eigenvalue weighted by atomic mass is 16.5. The maximum absolute atomic E-state index is 13.4. The number of hydrogen-bond donors (Lipinski definition) is 0. The van der Waals surface area contributed by atoms with Crippen molar-refractivity contribution < 1.29 is 28.6 Å². The molecule has 0 saturated heterocycles. The molecule has 0 N–H and O–H groups in total.